The second-order valence-corrected chi connectivity index (χ2v) is 13.7. The van der Waals surface area contributed by atoms with Crippen molar-refractivity contribution in [1.29, 1.82) is 0 Å². The van der Waals surface area contributed by atoms with E-state index in [2.05, 4.69) is 45.2 Å². The second kappa shape index (κ2) is 19.4. The number of carbonyl (C=O) groups excluding carboxylic acids is 3. The fourth-order valence-corrected chi connectivity index (χ4v) is 7.17. The van der Waals surface area contributed by atoms with Crippen LogP contribution in [-0.4, -0.2) is 90.6 Å². The molecule has 2 aliphatic rings. The number of benzene rings is 1. The normalized spacial score (nSPS) is 17.2. The van der Waals surface area contributed by atoms with Crippen LogP contribution in [0.5, 0.6) is 0 Å². The number of ether oxygens (including phenoxy) is 1. The molecule has 0 saturated carbocycles. The third-order valence-corrected chi connectivity index (χ3v) is 9.87. The molecule has 0 bridgehead atoms. The number of likely N-dealkylation sites (tertiary alicyclic amines) is 2. The molecule has 6 heterocycles. The molecular weight excluding hydrogens is 684 g/mol. The first-order valence-corrected chi connectivity index (χ1v) is 18.6. The molecule has 1 aromatic carbocycles. The SMILES string of the molecule is COC(=O)N1CCCC(CN(C(=O)c2ccco2)c2cccnc2)C1.O=C(c1ccco1)N(CC1CCCN(CCc2ccccc2)C1)c1cccnc1. The molecule has 0 N–H and O–H groups in total. The predicted molar refractivity (Wildman–Crippen MR) is 205 cm³/mol. The van der Waals surface area contributed by atoms with Gasteiger partial charge in [0.05, 0.1) is 43.4 Å². The van der Waals surface area contributed by atoms with Crippen LogP contribution in [0.4, 0.5) is 16.2 Å². The molecule has 2 aliphatic heterocycles. The molecule has 54 heavy (non-hydrogen) atoms. The van der Waals surface area contributed by atoms with Crippen molar-refractivity contribution in [2.75, 3.05) is 62.7 Å². The average Bonchev–Trinajstić information content (AvgIpc) is 3.99. The van der Waals surface area contributed by atoms with Crippen molar-refractivity contribution in [2.24, 2.45) is 11.8 Å². The molecule has 2 unspecified atom stereocenters. The van der Waals surface area contributed by atoms with Gasteiger partial charge in [-0.05, 0) is 105 Å². The summed E-state index contributed by atoms with van der Waals surface area (Å²) in [4.78, 5) is 53.7. The molecule has 0 aliphatic carbocycles. The first kappa shape index (κ1) is 38.0. The van der Waals surface area contributed by atoms with Crippen LogP contribution < -0.4 is 9.80 Å². The number of rotatable bonds is 11. The predicted octanol–water partition coefficient (Wildman–Crippen LogP) is 7.08. The van der Waals surface area contributed by atoms with Crippen molar-refractivity contribution in [2.45, 2.75) is 32.1 Å². The van der Waals surface area contributed by atoms with Gasteiger partial charge >= 0.3 is 6.09 Å². The molecule has 3 amide bonds. The molecule has 282 valence electrons. The molecule has 5 aromatic rings. The largest absolute Gasteiger partial charge is 0.459 e. The number of amides is 3. The van der Waals surface area contributed by atoms with E-state index >= 15 is 0 Å². The molecule has 2 fully saturated rings. The molecule has 2 atom stereocenters. The van der Waals surface area contributed by atoms with Gasteiger partial charge in [-0.25, -0.2) is 4.79 Å². The van der Waals surface area contributed by atoms with Crippen LogP contribution >= 0.6 is 0 Å². The Kier molecular flexibility index (Phi) is 13.6. The number of hydrogen-bond acceptors (Lipinski definition) is 9. The van der Waals surface area contributed by atoms with Gasteiger partial charge in [-0.1, -0.05) is 30.3 Å². The first-order chi connectivity index (χ1) is 26.5. The minimum absolute atomic E-state index is 0.107. The van der Waals surface area contributed by atoms with Crippen molar-refractivity contribution in [3.05, 3.63) is 133 Å². The van der Waals surface area contributed by atoms with Gasteiger partial charge in [0.1, 0.15) is 0 Å². The summed E-state index contributed by atoms with van der Waals surface area (Å²) in [5, 5.41) is 0. The molecular formula is C42H48N6O6. The van der Waals surface area contributed by atoms with Gasteiger partial charge < -0.3 is 33.2 Å². The molecule has 0 spiro atoms. The van der Waals surface area contributed by atoms with Crippen LogP contribution in [0.15, 0.2) is 125 Å². The molecule has 7 rings (SSSR count). The molecule has 4 aromatic heterocycles. The average molecular weight is 733 g/mol. The topological polar surface area (TPSA) is 125 Å². The highest BCUT2D eigenvalue weighted by Gasteiger charge is 2.30. The summed E-state index contributed by atoms with van der Waals surface area (Å²) >= 11 is 0. The molecule has 0 radical (unpaired) electrons. The summed E-state index contributed by atoms with van der Waals surface area (Å²) in [7, 11) is 1.38. The van der Waals surface area contributed by atoms with Crippen LogP contribution in [0.1, 0.15) is 52.4 Å². The van der Waals surface area contributed by atoms with E-state index in [0.717, 1.165) is 57.4 Å². The van der Waals surface area contributed by atoms with Gasteiger partial charge in [-0.15, -0.1) is 0 Å². The van der Waals surface area contributed by atoms with Gasteiger partial charge in [-0.2, -0.15) is 0 Å². The van der Waals surface area contributed by atoms with Crippen LogP contribution in [0.2, 0.25) is 0 Å². The van der Waals surface area contributed by atoms with E-state index in [4.69, 9.17) is 13.6 Å². The lowest BCUT2D eigenvalue weighted by Crippen LogP contribution is -2.45. The fraction of sp³-hybridized carbons (Fsp3) is 0.357. The van der Waals surface area contributed by atoms with Crippen LogP contribution in [0.3, 0.4) is 0 Å². The number of furan rings is 2. The van der Waals surface area contributed by atoms with Gasteiger partial charge in [0.15, 0.2) is 11.5 Å². The number of hydrogen-bond donors (Lipinski definition) is 0. The lowest BCUT2D eigenvalue weighted by molar-refractivity contribution is 0.0925. The molecule has 12 nitrogen and oxygen atoms in total. The highest BCUT2D eigenvalue weighted by atomic mass is 16.5. The quantitative estimate of drug-likeness (QED) is 0.140. The summed E-state index contributed by atoms with van der Waals surface area (Å²) in [6.07, 6.45) is 14.7. The van der Waals surface area contributed by atoms with Crippen molar-refractivity contribution in [1.82, 2.24) is 19.8 Å². The lowest BCUT2D eigenvalue weighted by atomic mass is 9.96. The van der Waals surface area contributed by atoms with Gasteiger partial charge in [0.25, 0.3) is 11.8 Å². The number of methoxy groups -OCH3 is 1. The van der Waals surface area contributed by atoms with Gasteiger partial charge in [0, 0.05) is 51.7 Å². The summed E-state index contributed by atoms with van der Waals surface area (Å²) in [6.45, 7) is 5.60. The van der Waals surface area contributed by atoms with E-state index < -0.39 is 0 Å². The Balaban J connectivity index is 0.000000186. The second-order valence-electron chi connectivity index (χ2n) is 13.7. The Bertz CT molecular complexity index is 1860. The summed E-state index contributed by atoms with van der Waals surface area (Å²) in [5.41, 5.74) is 2.90. The van der Waals surface area contributed by atoms with Crippen molar-refractivity contribution >= 4 is 29.3 Å². The van der Waals surface area contributed by atoms with Crippen LogP contribution in [-0.2, 0) is 11.2 Å². The maximum atomic E-state index is 13.1. The smallest absolute Gasteiger partial charge is 0.409 e. The van der Waals surface area contributed by atoms with Crippen molar-refractivity contribution < 1.29 is 28.0 Å². The zero-order chi connectivity index (χ0) is 37.5. The van der Waals surface area contributed by atoms with E-state index in [-0.39, 0.29) is 29.6 Å². The minimum atomic E-state index is -0.324. The number of pyridine rings is 2. The third-order valence-electron chi connectivity index (χ3n) is 9.87. The Morgan fingerprint density at radius 3 is 1.81 bits per heavy atom. The van der Waals surface area contributed by atoms with Crippen LogP contribution in [0.25, 0.3) is 0 Å². The third kappa shape index (κ3) is 10.4. The Hall–Kier alpha value is -5.75. The number of piperidine rings is 2. The van der Waals surface area contributed by atoms with Gasteiger partial charge in [-0.3, -0.25) is 19.6 Å². The van der Waals surface area contributed by atoms with E-state index in [1.807, 2.05) is 23.1 Å². The molecule has 2 saturated heterocycles. The van der Waals surface area contributed by atoms with Crippen molar-refractivity contribution in [3.63, 3.8) is 0 Å². The summed E-state index contributed by atoms with van der Waals surface area (Å²) in [6, 6.07) is 24.9. The first-order valence-electron chi connectivity index (χ1n) is 18.6. The Morgan fingerprint density at radius 2 is 1.30 bits per heavy atom. The highest BCUT2D eigenvalue weighted by molar-refractivity contribution is 6.04. The molecule has 12 heteroatoms. The maximum absolute atomic E-state index is 13.1. The summed E-state index contributed by atoms with van der Waals surface area (Å²) < 4.78 is 15.5. The van der Waals surface area contributed by atoms with Crippen molar-refractivity contribution in [3.8, 4) is 0 Å². The van der Waals surface area contributed by atoms with Gasteiger partial charge in [0.2, 0.25) is 0 Å². The maximum Gasteiger partial charge on any atom is 0.409 e. The van der Waals surface area contributed by atoms with E-state index in [1.165, 1.54) is 18.9 Å². The fourth-order valence-electron chi connectivity index (χ4n) is 7.17. The lowest BCUT2D eigenvalue weighted by Gasteiger charge is -2.35. The minimum Gasteiger partial charge on any atom is -0.459 e. The van der Waals surface area contributed by atoms with E-state index in [0.29, 0.717) is 43.5 Å². The Labute approximate surface area is 316 Å². The zero-order valence-electron chi connectivity index (χ0n) is 30.7. The number of carbonyl (C=O) groups is 3. The van der Waals surface area contributed by atoms with Crippen LogP contribution in [0, 0.1) is 11.8 Å². The highest BCUT2D eigenvalue weighted by Crippen LogP contribution is 2.25. The zero-order valence-corrected chi connectivity index (χ0v) is 30.7. The van der Waals surface area contributed by atoms with E-state index in [1.54, 1.807) is 71.2 Å². The standard InChI is InChI=1S/C24H27N3O2.C18H21N3O4/c28-24(23-11-6-16-29-23)27(22-10-4-13-25-17-22)19-21-9-5-14-26(18-21)15-12-20-7-2-1-3-8-20;1-24-18(23)20-9-3-5-14(12-20)13-21(15-6-2-8-19-11-15)17(22)16-7-4-10-25-16/h1-4,6-8,10-11,13,16-17,21H,5,9,12,14-15,18-19H2;2,4,6-8,10-11,14H,3,5,9,12-13H2,1H3. The number of nitrogens with zero attached hydrogens (tertiary/aromatic N) is 6. The Morgan fingerprint density at radius 1 is 0.722 bits per heavy atom. The number of aromatic nitrogens is 2. The monoisotopic (exact) mass is 732 g/mol. The van der Waals surface area contributed by atoms with E-state index in [9.17, 15) is 14.4 Å². The summed E-state index contributed by atoms with van der Waals surface area (Å²) in [5.74, 6) is 0.915. The number of anilines is 2.